The van der Waals surface area contributed by atoms with Gasteiger partial charge in [-0.15, -0.1) is 0 Å². The third-order valence-electron chi connectivity index (χ3n) is 1.95. The standard InChI is InChI=1S/C9H10N2O2/c1-9(6-10,8(12)13-2)7-4-3-5-11-7/h3-5,11H,1-2H3. The molecule has 4 heteroatoms. The van der Waals surface area contributed by atoms with Crippen molar-refractivity contribution in [2.45, 2.75) is 12.3 Å². The second-order valence-corrected chi connectivity index (χ2v) is 2.81. The summed E-state index contributed by atoms with van der Waals surface area (Å²) in [5, 5.41) is 8.89. The molecule has 13 heavy (non-hydrogen) atoms. The SMILES string of the molecule is COC(=O)C(C)(C#N)c1ccc[nH]1. The van der Waals surface area contributed by atoms with Crippen molar-refractivity contribution in [2.75, 3.05) is 7.11 Å². The van der Waals surface area contributed by atoms with Crippen LogP contribution in [0.3, 0.4) is 0 Å². The predicted octanol–water partition coefficient (Wildman–Crippen LogP) is 0.969. The number of nitriles is 1. The highest BCUT2D eigenvalue weighted by Crippen LogP contribution is 2.22. The molecule has 1 rings (SSSR count). The van der Waals surface area contributed by atoms with Crippen molar-refractivity contribution in [3.05, 3.63) is 24.0 Å². The van der Waals surface area contributed by atoms with Crippen LogP contribution < -0.4 is 0 Å². The molecule has 0 radical (unpaired) electrons. The van der Waals surface area contributed by atoms with E-state index >= 15 is 0 Å². The van der Waals surface area contributed by atoms with Gasteiger partial charge >= 0.3 is 5.97 Å². The molecule has 68 valence electrons. The van der Waals surface area contributed by atoms with E-state index in [-0.39, 0.29) is 0 Å². The maximum absolute atomic E-state index is 11.3. The van der Waals surface area contributed by atoms with Crippen molar-refractivity contribution in [3.8, 4) is 6.07 Å². The van der Waals surface area contributed by atoms with Gasteiger partial charge < -0.3 is 9.72 Å². The fraction of sp³-hybridized carbons (Fsp3) is 0.333. The van der Waals surface area contributed by atoms with E-state index in [9.17, 15) is 4.79 Å². The Bertz CT molecular complexity index is 337. The third-order valence-corrected chi connectivity index (χ3v) is 1.95. The van der Waals surface area contributed by atoms with Crippen LogP contribution in [0.5, 0.6) is 0 Å². The third kappa shape index (κ3) is 1.41. The Morgan fingerprint density at radius 3 is 2.85 bits per heavy atom. The van der Waals surface area contributed by atoms with E-state index in [1.165, 1.54) is 14.0 Å². The van der Waals surface area contributed by atoms with Crippen molar-refractivity contribution in [2.24, 2.45) is 0 Å². The number of methoxy groups -OCH3 is 1. The largest absolute Gasteiger partial charge is 0.468 e. The molecule has 4 nitrogen and oxygen atoms in total. The van der Waals surface area contributed by atoms with Crippen LogP contribution in [-0.4, -0.2) is 18.1 Å². The number of H-pyrrole nitrogens is 1. The van der Waals surface area contributed by atoms with Crippen LogP contribution >= 0.6 is 0 Å². The first-order chi connectivity index (χ1) is 6.15. The van der Waals surface area contributed by atoms with Crippen molar-refractivity contribution in [3.63, 3.8) is 0 Å². The van der Waals surface area contributed by atoms with Crippen molar-refractivity contribution >= 4 is 5.97 Å². The second-order valence-electron chi connectivity index (χ2n) is 2.81. The summed E-state index contributed by atoms with van der Waals surface area (Å²) >= 11 is 0. The van der Waals surface area contributed by atoms with Gasteiger partial charge in [0.1, 0.15) is 0 Å². The lowest BCUT2D eigenvalue weighted by Gasteiger charge is -2.16. The number of aromatic nitrogens is 1. The van der Waals surface area contributed by atoms with Gasteiger partial charge in [0.05, 0.1) is 13.2 Å². The van der Waals surface area contributed by atoms with Gasteiger partial charge in [0.15, 0.2) is 5.41 Å². The monoisotopic (exact) mass is 178 g/mol. The van der Waals surface area contributed by atoms with Crippen LogP contribution in [0, 0.1) is 11.3 Å². The highest BCUT2D eigenvalue weighted by molar-refractivity contribution is 5.85. The first-order valence-corrected chi connectivity index (χ1v) is 3.78. The number of hydrogen-bond acceptors (Lipinski definition) is 3. The van der Waals surface area contributed by atoms with E-state index in [0.29, 0.717) is 5.69 Å². The number of carbonyl (C=O) groups is 1. The number of aromatic amines is 1. The van der Waals surface area contributed by atoms with Gasteiger partial charge in [-0.25, -0.2) is 4.79 Å². The molecule has 1 aromatic rings. The van der Waals surface area contributed by atoms with E-state index in [4.69, 9.17) is 5.26 Å². The maximum Gasteiger partial charge on any atom is 0.332 e. The van der Waals surface area contributed by atoms with Gasteiger partial charge in [-0.3, -0.25) is 0 Å². The smallest absolute Gasteiger partial charge is 0.332 e. The van der Waals surface area contributed by atoms with Gasteiger partial charge in [0.25, 0.3) is 0 Å². The second kappa shape index (κ2) is 3.31. The van der Waals surface area contributed by atoms with E-state index in [1.54, 1.807) is 18.3 Å². The Hall–Kier alpha value is -1.76. The molecule has 0 aromatic carbocycles. The predicted molar refractivity (Wildman–Crippen MR) is 45.8 cm³/mol. The summed E-state index contributed by atoms with van der Waals surface area (Å²) in [6.07, 6.45) is 1.66. The zero-order valence-electron chi connectivity index (χ0n) is 7.50. The van der Waals surface area contributed by atoms with Crippen molar-refractivity contribution in [1.82, 2.24) is 4.98 Å². The van der Waals surface area contributed by atoms with E-state index < -0.39 is 11.4 Å². The summed E-state index contributed by atoms with van der Waals surface area (Å²) in [6, 6.07) is 5.34. The van der Waals surface area contributed by atoms with E-state index in [1.807, 2.05) is 6.07 Å². The summed E-state index contributed by atoms with van der Waals surface area (Å²) in [5.74, 6) is -0.558. The number of hydrogen-bond donors (Lipinski definition) is 1. The highest BCUT2D eigenvalue weighted by atomic mass is 16.5. The summed E-state index contributed by atoms with van der Waals surface area (Å²) in [7, 11) is 1.26. The number of ether oxygens (including phenoxy) is 1. The van der Waals surface area contributed by atoms with Crippen LogP contribution in [0.1, 0.15) is 12.6 Å². The minimum atomic E-state index is -1.24. The fourth-order valence-electron chi connectivity index (χ4n) is 1.06. The molecule has 0 saturated carbocycles. The molecule has 0 aliphatic heterocycles. The Morgan fingerprint density at radius 2 is 2.46 bits per heavy atom. The van der Waals surface area contributed by atoms with Gasteiger partial charge in [-0.2, -0.15) is 5.26 Å². The van der Waals surface area contributed by atoms with Crippen LogP contribution in [0.25, 0.3) is 0 Å². The minimum Gasteiger partial charge on any atom is -0.468 e. The summed E-state index contributed by atoms with van der Waals surface area (Å²) < 4.78 is 4.55. The van der Waals surface area contributed by atoms with Crippen LogP contribution in [-0.2, 0) is 14.9 Å². The molecule has 1 aromatic heterocycles. The minimum absolute atomic E-state index is 0.543. The Balaban J connectivity index is 3.10. The Labute approximate surface area is 76.1 Å². The molecular weight excluding hydrogens is 168 g/mol. The molecule has 0 aliphatic carbocycles. The van der Waals surface area contributed by atoms with Gasteiger partial charge in [-0.05, 0) is 19.1 Å². The lowest BCUT2D eigenvalue weighted by molar-refractivity contribution is -0.144. The molecule has 1 heterocycles. The molecule has 0 bridgehead atoms. The number of carbonyl (C=O) groups excluding carboxylic acids is 1. The molecule has 0 amide bonds. The first kappa shape index (κ1) is 9.33. The highest BCUT2D eigenvalue weighted by Gasteiger charge is 2.37. The molecule has 0 fully saturated rings. The Morgan fingerprint density at radius 1 is 1.77 bits per heavy atom. The zero-order chi connectivity index (χ0) is 9.90. The first-order valence-electron chi connectivity index (χ1n) is 3.78. The molecule has 1 atom stereocenters. The van der Waals surface area contributed by atoms with Gasteiger partial charge in [-0.1, -0.05) is 0 Å². The molecule has 0 saturated heterocycles. The van der Waals surface area contributed by atoms with E-state index in [2.05, 4.69) is 9.72 Å². The normalized spacial score (nSPS) is 14.2. The van der Waals surface area contributed by atoms with Gasteiger partial charge in [0.2, 0.25) is 0 Å². The number of nitrogens with zero attached hydrogens (tertiary/aromatic N) is 1. The summed E-state index contributed by atoms with van der Waals surface area (Å²) in [5.41, 5.74) is -0.694. The molecular formula is C9H10N2O2. The fourth-order valence-corrected chi connectivity index (χ4v) is 1.06. The topological polar surface area (TPSA) is 65.9 Å². The number of rotatable bonds is 2. The Kier molecular flexibility index (Phi) is 2.38. The van der Waals surface area contributed by atoms with Crippen LogP contribution in [0.15, 0.2) is 18.3 Å². The van der Waals surface area contributed by atoms with Gasteiger partial charge in [0, 0.05) is 11.9 Å². The molecule has 1 unspecified atom stereocenters. The maximum atomic E-state index is 11.3. The van der Waals surface area contributed by atoms with Crippen LogP contribution in [0.4, 0.5) is 0 Å². The molecule has 0 spiro atoms. The lowest BCUT2D eigenvalue weighted by atomic mass is 9.89. The summed E-state index contributed by atoms with van der Waals surface area (Å²) in [6.45, 7) is 1.52. The molecule has 1 N–H and O–H groups in total. The van der Waals surface area contributed by atoms with E-state index in [0.717, 1.165) is 0 Å². The average molecular weight is 178 g/mol. The lowest BCUT2D eigenvalue weighted by Crippen LogP contribution is -2.32. The quantitative estimate of drug-likeness (QED) is 0.686. The summed E-state index contributed by atoms with van der Waals surface area (Å²) in [4.78, 5) is 14.1. The van der Waals surface area contributed by atoms with Crippen molar-refractivity contribution in [1.29, 1.82) is 5.26 Å². The van der Waals surface area contributed by atoms with Crippen LogP contribution in [0.2, 0.25) is 0 Å². The number of nitrogens with one attached hydrogen (secondary N) is 1. The zero-order valence-corrected chi connectivity index (χ0v) is 7.50. The average Bonchev–Trinajstić information content (AvgIpc) is 2.68. The molecule has 0 aliphatic rings. The number of esters is 1. The van der Waals surface area contributed by atoms with Crippen molar-refractivity contribution < 1.29 is 9.53 Å².